The number of likely N-dealkylation sites (tertiary alicyclic amines) is 1. The summed E-state index contributed by atoms with van der Waals surface area (Å²) in [7, 11) is 0. The summed E-state index contributed by atoms with van der Waals surface area (Å²) in [5.41, 5.74) is 0.0919. The number of rotatable bonds is 16. The zero-order valence-electron chi connectivity index (χ0n) is 35.4. The molecule has 0 aromatic carbocycles. The Labute approximate surface area is 331 Å². The van der Waals surface area contributed by atoms with Gasteiger partial charge >= 0.3 is 0 Å². The zero-order chi connectivity index (χ0) is 41.8. The number of amides is 5. The second-order valence-corrected chi connectivity index (χ2v) is 14.4. The van der Waals surface area contributed by atoms with Crippen LogP contribution in [0.25, 0.3) is 0 Å². The highest BCUT2D eigenvalue weighted by Crippen LogP contribution is 2.26. The van der Waals surface area contributed by atoms with Crippen LogP contribution in [-0.2, 0) is 24.0 Å². The number of aromatic nitrogens is 2. The summed E-state index contributed by atoms with van der Waals surface area (Å²) in [4.78, 5) is 87.7. The maximum Gasteiger partial charge on any atom is 0.289 e. The molecule has 1 aromatic heterocycles. The molecule has 1 aliphatic carbocycles. The summed E-state index contributed by atoms with van der Waals surface area (Å²) < 4.78 is 0. The number of nitrogens with zero attached hydrogens (tertiary/aromatic N) is 3. The average molecular weight is 772 g/mol. The molecule has 1 saturated heterocycles. The van der Waals surface area contributed by atoms with Gasteiger partial charge in [0.05, 0.1) is 18.8 Å². The minimum atomic E-state index is -1.03. The normalized spacial score (nSPS) is 16.8. The molecule has 4 unspecified atom stereocenters. The quantitative estimate of drug-likeness (QED) is 0.0906. The van der Waals surface area contributed by atoms with E-state index in [1.54, 1.807) is 0 Å². The maximum absolute atomic E-state index is 13.5. The SMILES string of the molecule is C=CCNC(=O)C(=O)C(CC(C)CC)NC(=O)C1CCCN1C(=O)CNC(=O)C(NC(=O)c1cnccn1)C1CCCCCC1.CC.CCC.CCC(C)C. The third-order valence-electron chi connectivity index (χ3n) is 9.44. The van der Waals surface area contributed by atoms with E-state index in [-0.39, 0.29) is 37.0 Å². The summed E-state index contributed by atoms with van der Waals surface area (Å²) in [5.74, 6) is -2.66. The molecule has 2 aliphatic rings. The predicted molar refractivity (Wildman–Crippen MR) is 219 cm³/mol. The number of hydrogen-bond donors (Lipinski definition) is 4. The van der Waals surface area contributed by atoms with Gasteiger partial charge in [-0.25, -0.2) is 4.98 Å². The molecule has 13 nitrogen and oxygen atoms in total. The van der Waals surface area contributed by atoms with Crippen molar-refractivity contribution in [2.45, 2.75) is 157 Å². The van der Waals surface area contributed by atoms with Gasteiger partial charge in [0.15, 0.2) is 0 Å². The second-order valence-electron chi connectivity index (χ2n) is 14.4. The molecule has 4 N–H and O–H groups in total. The van der Waals surface area contributed by atoms with E-state index < -0.39 is 53.4 Å². The van der Waals surface area contributed by atoms with Crippen LogP contribution in [0.2, 0.25) is 0 Å². The van der Waals surface area contributed by atoms with Crippen LogP contribution < -0.4 is 21.3 Å². The molecule has 1 saturated carbocycles. The van der Waals surface area contributed by atoms with Crippen LogP contribution >= 0.6 is 0 Å². The van der Waals surface area contributed by atoms with Gasteiger partial charge in [-0.05, 0) is 49.9 Å². The van der Waals surface area contributed by atoms with Gasteiger partial charge < -0.3 is 26.2 Å². The topological polar surface area (TPSA) is 180 Å². The molecule has 4 atom stereocenters. The summed E-state index contributed by atoms with van der Waals surface area (Å²) in [5, 5.41) is 10.7. The Hall–Kier alpha value is -4.16. The highest BCUT2D eigenvalue weighted by molar-refractivity contribution is 6.38. The molecule has 3 rings (SSSR count). The standard InChI is InChI=1S/C32H47N7O6.C5H12.C3H8.C2H6/c1-4-14-35-32(45)28(41)23(18-21(3)5-2)37-30(43)25-13-10-17-39(25)26(40)20-36-31(44)27(22-11-8-6-7-9-12-22)38-29(42)24-19-33-15-16-34-24;1-4-5(2)3;1-3-2;1-2/h4,15-16,19,21-23,25,27H,1,5-14,17-18,20H2,2-3H3,(H,35,45)(H,36,44)(H,37,43)(H,38,42);5H,4H2,1-3H3;3H2,1-2H3;1-2H3. The summed E-state index contributed by atoms with van der Waals surface area (Å²) >= 11 is 0. The smallest absolute Gasteiger partial charge is 0.289 e. The van der Waals surface area contributed by atoms with E-state index in [9.17, 15) is 28.8 Å². The van der Waals surface area contributed by atoms with E-state index in [2.05, 4.69) is 72.4 Å². The van der Waals surface area contributed by atoms with E-state index in [1.807, 2.05) is 27.7 Å². The highest BCUT2D eigenvalue weighted by Gasteiger charge is 2.38. The van der Waals surface area contributed by atoms with E-state index in [4.69, 9.17) is 0 Å². The molecule has 55 heavy (non-hydrogen) atoms. The highest BCUT2D eigenvalue weighted by atomic mass is 16.2. The van der Waals surface area contributed by atoms with Crippen LogP contribution in [0.3, 0.4) is 0 Å². The van der Waals surface area contributed by atoms with Crippen LogP contribution in [0, 0.1) is 17.8 Å². The first-order valence-corrected chi connectivity index (χ1v) is 20.7. The fourth-order valence-corrected chi connectivity index (χ4v) is 5.86. The Morgan fingerprint density at radius 2 is 1.49 bits per heavy atom. The third kappa shape index (κ3) is 19.8. The van der Waals surface area contributed by atoms with Crippen LogP contribution in [0.4, 0.5) is 0 Å². The second kappa shape index (κ2) is 30.1. The lowest BCUT2D eigenvalue weighted by Gasteiger charge is -2.28. The average Bonchev–Trinajstić information content (AvgIpc) is 3.55. The van der Waals surface area contributed by atoms with Crippen LogP contribution in [0.15, 0.2) is 31.2 Å². The lowest BCUT2D eigenvalue weighted by molar-refractivity contribution is -0.142. The first kappa shape index (κ1) is 50.8. The summed E-state index contributed by atoms with van der Waals surface area (Å²) in [6, 6.07) is -2.73. The van der Waals surface area contributed by atoms with Crippen LogP contribution in [0.5, 0.6) is 0 Å². The Balaban J connectivity index is 0.00000261. The Morgan fingerprint density at radius 3 is 2.02 bits per heavy atom. The lowest BCUT2D eigenvalue weighted by atomic mass is 9.91. The van der Waals surface area contributed by atoms with Crippen molar-refractivity contribution in [3.8, 4) is 0 Å². The largest absolute Gasteiger partial charge is 0.346 e. The van der Waals surface area contributed by atoms with E-state index >= 15 is 0 Å². The van der Waals surface area contributed by atoms with Gasteiger partial charge in [-0.1, -0.05) is 113 Å². The maximum atomic E-state index is 13.5. The van der Waals surface area contributed by atoms with E-state index in [0.29, 0.717) is 19.4 Å². The zero-order valence-corrected chi connectivity index (χ0v) is 35.4. The van der Waals surface area contributed by atoms with E-state index in [1.165, 1.54) is 42.4 Å². The predicted octanol–water partition coefficient (Wildman–Crippen LogP) is 5.94. The van der Waals surface area contributed by atoms with Gasteiger partial charge in [0, 0.05) is 25.5 Å². The monoisotopic (exact) mass is 772 g/mol. The molecule has 2 heterocycles. The Morgan fingerprint density at radius 1 is 0.873 bits per heavy atom. The Kier molecular flexibility index (Phi) is 27.8. The van der Waals surface area contributed by atoms with E-state index in [0.717, 1.165) is 50.9 Å². The van der Waals surface area contributed by atoms with Gasteiger partial charge in [0.25, 0.3) is 11.8 Å². The van der Waals surface area contributed by atoms with Crippen molar-refractivity contribution < 1.29 is 28.8 Å². The van der Waals surface area contributed by atoms with Crippen molar-refractivity contribution >= 4 is 35.3 Å². The summed E-state index contributed by atoms with van der Waals surface area (Å²) in [6.07, 6.45) is 15.7. The van der Waals surface area contributed by atoms with Crippen molar-refractivity contribution in [2.24, 2.45) is 17.8 Å². The number of hydrogen-bond acceptors (Lipinski definition) is 8. The van der Waals surface area contributed by atoms with Crippen LogP contribution in [0.1, 0.15) is 150 Å². The van der Waals surface area contributed by atoms with Crippen molar-refractivity contribution in [2.75, 3.05) is 19.6 Å². The third-order valence-corrected chi connectivity index (χ3v) is 9.44. The number of carbonyl (C=O) groups is 6. The van der Waals surface area contributed by atoms with Gasteiger partial charge in [0.2, 0.25) is 23.5 Å². The lowest BCUT2D eigenvalue weighted by Crippen LogP contribution is -2.56. The van der Waals surface area contributed by atoms with Gasteiger partial charge in [-0.2, -0.15) is 0 Å². The molecule has 0 radical (unpaired) electrons. The molecular formula is C42H73N7O6. The Bertz CT molecular complexity index is 1280. The van der Waals surface area contributed by atoms with Gasteiger partial charge in [0.1, 0.15) is 17.8 Å². The molecule has 5 amide bonds. The number of carbonyl (C=O) groups excluding carboxylic acids is 6. The number of nitrogens with one attached hydrogen (secondary N) is 4. The minimum Gasteiger partial charge on any atom is -0.346 e. The molecule has 2 fully saturated rings. The molecule has 312 valence electrons. The van der Waals surface area contributed by atoms with Gasteiger partial charge in [-0.3, -0.25) is 33.8 Å². The van der Waals surface area contributed by atoms with Crippen molar-refractivity contribution in [3.05, 3.63) is 36.9 Å². The fraction of sp³-hybridized carbons (Fsp3) is 0.714. The fourth-order valence-electron chi connectivity index (χ4n) is 5.86. The number of ketones is 1. The molecule has 13 heteroatoms. The minimum absolute atomic E-state index is 0.0683. The first-order chi connectivity index (χ1) is 26.3. The molecule has 1 aliphatic heterocycles. The summed E-state index contributed by atoms with van der Waals surface area (Å²) in [6.45, 7) is 22.4. The molecular weight excluding hydrogens is 699 g/mol. The van der Waals surface area contributed by atoms with Gasteiger partial charge in [-0.15, -0.1) is 6.58 Å². The van der Waals surface area contributed by atoms with Crippen molar-refractivity contribution in [1.82, 2.24) is 36.1 Å². The van der Waals surface area contributed by atoms with Crippen LogP contribution in [-0.4, -0.2) is 87.9 Å². The molecule has 0 spiro atoms. The number of Topliss-reactive ketones (excluding diaryl/α,β-unsaturated/α-hetero) is 1. The molecule has 1 aromatic rings. The van der Waals surface area contributed by atoms with Crippen molar-refractivity contribution in [1.29, 1.82) is 0 Å². The molecule has 0 bridgehead atoms. The van der Waals surface area contributed by atoms with Crippen molar-refractivity contribution in [3.63, 3.8) is 0 Å². The first-order valence-electron chi connectivity index (χ1n) is 20.7.